The van der Waals surface area contributed by atoms with Gasteiger partial charge in [0.2, 0.25) is 0 Å². The van der Waals surface area contributed by atoms with E-state index in [-0.39, 0.29) is 0 Å². The van der Waals surface area contributed by atoms with Crippen molar-refractivity contribution in [2.45, 2.75) is 11.8 Å². The van der Waals surface area contributed by atoms with Gasteiger partial charge in [0.1, 0.15) is 11.5 Å². The number of methoxy groups -OCH3 is 2. The first kappa shape index (κ1) is 28.1. The van der Waals surface area contributed by atoms with E-state index in [0.717, 1.165) is 11.3 Å². The van der Waals surface area contributed by atoms with Gasteiger partial charge in [-0.15, -0.1) is 0 Å². The van der Waals surface area contributed by atoms with Crippen LogP contribution in [0.15, 0.2) is 88.4 Å². The van der Waals surface area contributed by atoms with Crippen LogP contribution in [0.4, 0.5) is 23.0 Å². The zero-order valence-corrected chi connectivity index (χ0v) is 23.2. The number of aldehydes is 1. The molecular formula is C29H29N5O5S. The molecule has 3 aromatic carbocycles. The molecule has 0 amide bonds. The number of rotatable bonds is 9. The molecule has 0 radical (unpaired) electrons. The molecule has 0 aliphatic heterocycles. The fraction of sp³-hybridized carbons (Fsp3) is 0.138. The Morgan fingerprint density at radius 3 is 2.08 bits per heavy atom. The molecule has 0 saturated carbocycles. The van der Waals surface area contributed by atoms with E-state index < -0.39 is 11.0 Å². The van der Waals surface area contributed by atoms with E-state index in [1.165, 1.54) is 6.26 Å². The summed E-state index contributed by atoms with van der Waals surface area (Å²) in [5.74, 6) is 2.46. The van der Waals surface area contributed by atoms with E-state index in [1.807, 2.05) is 68.6 Å². The molecular weight excluding hydrogens is 530 g/mol. The van der Waals surface area contributed by atoms with Crippen molar-refractivity contribution < 1.29 is 22.9 Å². The maximum atomic E-state index is 13.1. The number of hydrogen-bond donors (Lipinski definition) is 3. The number of anilines is 4. The summed E-state index contributed by atoms with van der Waals surface area (Å²) in [7, 11) is 3.44. The molecule has 0 spiro atoms. The molecule has 206 valence electrons. The molecule has 0 aliphatic carbocycles. The van der Waals surface area contributed by atoms with E-state index in [1.54, 1.807) is 32.4 Å². The normalized spacial score (nSPS) is 11.1. The summed E-state index contributed by atoms with van der Waals surface area (Å²) in [6.07, 6.45) is 2.20. The molecule has 0 fully saturated rings. The second kappa shape index (κ2) is 13.3. The van der Waals surface area contributed by atoms with Crippen LogP contribution in [0.5, 0.6) is 11.5 Å². The number of furan rings is 1. The summed E-state index contributed by atoms with van der Waals surface area (Å²) in [5, 5.41) is 6.30. The Kier molecular flexibility index (Phi) is 9.31. The number of benzene rings is 3. The van der Waals surface area contributed by atoms with Crippen molar-refractivity contribution >= 4 is 51.3 Å². The lowest BCUT2D eigenvalue weighted by Crippen LogP contribution is -2.10. The number of aryl methyl sites for hydroxylation is 1. The maximum Gasteiger partial charge on any atom is 0.185 e. The third-order valence-electron chi connectivity index (χ3n) is 5.72. The SMILES string of the molecule is CNc1cccc(S(=O)Nc2nc3ccccc3nc2Nc2cc(OC)cc(OC)c2)c1.Cc1ccoc1C=O. The van der Waals surface area contributed by atoms with E-state index in [4.69, 9.17) is 18.9 Å². The Bertz CT molecular complexity index is 1620. The molecule has 11 heteroatoms. The minimum Gasteiger partial charge on any atom is -0.497 e. The average molecular weight is 560 g/mol. The van der Waals surface area contributed by atoms with Crippen molar-refractivity contribution in [2.75, 3.05) is 36.6 Å². The molecule has 5 aromatic rings. The van der Waals surface area contributed by atoms with Crippen molar-refractivity contribution in [3.05, 3.63) is 90.4 Å². The highest BCUT2D eigenvalue weighted by molar-refractivity contribution is 7.86. The Morgan fingerprint density at radius 2 is 1.52 bits per heavy atom. The van der Waals surface area contributed by atoms with Gasteiger partial charge < -0.3 is 24.5 Å². The standard InChI is InChI=1S/C23H23N5O3S.C6H6O2/c1-24-15-7-6-8-19(13-15)32(29)28-23-22(26-20-9-4-5-10-21(20)27-23)25-16-11-17(30-2)14-18(12-16)31-3;1-5-2-3-8-6(5)4-7/h4-14,24H,1-3H3,(H,25,26)(H,27,28);2-4H,1H3. The van der Waals surface area contributed by atoms with Crippen LogP contribution in [0.3, 0.4) is 0 Å². The molecule has 0 bridgehead atoms. The van der Waals surface area contributed by atoms with Crippen molar-refractivity contribution in [3.63, 3.8) is 0 Å². The van der Waals surface area contributed by atoms with Gasteiger partial charge in [-0.05, 0) is 48.9 Å². The number of aromatic nitrogens is 2. The lowest BCUT2D eigenvalue weighted by atomic mass is 10.2. The Hall–Kier alpha value is -4.90. The molecule has 0 aliphatic rings. The number of fused-ring (bicyclic) bond motifs is 1. The Morgan fingerprint density at radius 1 is 0.850 bits per heavy atom. The van der Waals surface area contributed by atoms with Gasteiger partial charge in [-0.1, -0.05) is 18.2 Å². The largest absolute Gasteiger partial charge is 0.497 e. The van der Waals surface area contributed by atoms with Gasteiger partial charge in [-0.3, -0.25) is 9.52 Å². The second-order valence-corrected chi connectivity index (χ2v) is 9.58. The fourth-order valence-corrected chi connectivity index (χ4v) is 4.47. The van der Waals surface area contributed by atoms with Gasteiger partial charge in [0.25, 0.3) is 0 Å². The van der Waals surface area contributed by atoms with Crippen LogP contribution in [0, 0.1) is 6.92 Å². The lowest BCUT2D eigenvalue weighted by molar-refractivity contribution is 0.110. The monoisotopic (exact) mass is 559 g/mol. The van der Waals surface area contributed by atoms with Crippen LogP contribution in [0.25, 0.3) is 11.0 Å². The molecule has 2 aromatic heterocycles. The van der Waals surface area contributed by atoms with Crippen LogP contribution in [0.2, 0.25) is 0 Å². The number of para-hydroxylation sites is 2. The Labute approximate surface area is 234 Å². The van der Waals surface area contributed by atoms with Crippen molar-refractivity contribution in [1.82, 2.24) is 9.97 Å². The zero-order chi connectivity index (χ0) is 28.5. The quantitative estimate of drug-likeness (QED) is 0.187. The third-order valence-corrected chi connectivity index (χ3v) is 6.78. The molecule has 1 atom stereocenters. The van der Waals surface area contributed by atoms with Crippen LogP contribution < -0.4 is 24.8 Å². The van der Waals surface area contributed by atoms with E-state index in [0.29, 0.717) is 56.8 Å². The van der Waals surface area contributed by atoms with Crippen molar-refractivity contribution in [3.8, 4) is 11.5 Å². The number of ether oxygens (including phenoxy) is 2. The number of carbonyl (C=O) groups is 1. The van der Waals surface area contributed by atoms with Crippen LogP contribution in [-0.2, 0) is 11.0 Å². The molecule has 2 heterocycles. The van der Waals surface area contributed by atoms with Gasteiger partial charge in [0.15, 0.2) is 34.7 Å². The molecule has 5 rings (SSSR count). The average Bonchev–Trinajstić information content (AvgIpc) is 3.42. The minimum absolute atomic E-state index is 0.360. The van der Waals surface area contributed by atoms with Gasteiger partial charge in [0, 0.05) is 36.6 Å². The highest BCUT2D eigenvalue weighted by Crippen LogP contribution is 2.31. The smallest absolute Gasteiger partial charge is 0.185 e. The van der Waals surface area contributed by atoms with Gasteiger partial charge >= 0.3 is 0 Å². The molecule has 10 nitrogen and oxygen atoms in total. The predicted octanol–water partition coefficient (Wildman–Crippen LogP) is 5.97. The van der Waals surface area contributed by atoms with Crippen molar-refractivity contribution in [2.24, 2.45) is 0 Å². The molecule has 40 heavy (non-hydrogen) atoms. The fourth-order valence-electron chi connectivity index (χ4n) is 3.59. The van der Waals surface area contributed by atoms with Gasteiger partial charge in [0.05, 0.1) is 36.4 Å². The summed E-state index contributed by atoms with van der Waals surface area (Å²) < 4.78 is 31.5. The molecule has 1 unspecified atom stereocenters. The number of nitrogens with one attached hydrogen (secondary N) is 3. The lowest BCUT2D eigenvalue weighted by Gasteiger charge is -2.15. The van der Waals surface area contributed by atoms with Crippen LogP contribution >= 0.6 is 0 Å². The predicted molar refractivity (Wildman–Crippen MR) is 157 cm³/mol. The second-order valence-electron chi connectivity index (χ2n) is 8.37. The topological polar surface area (TPSA) is 128 Å². The van der Waals surface area contributed by atoms with Gasteiger partial charge in [-0.2, -0.15) is 0 Å². The summed E-state index contributed by atoms with van der Waals surface area (Å²) in [6, 6.07) is 22.0. The zero-order valence-electron chi connectivity index (χ0n) is 22.4. The van der Waals surface area contributed by atoms with Crippen LogP contribution in [0.1, 0.15) is 16.1 Å². The first-order valence-electron chi connectivity index (χ1n) is 12.2. The van der Waals surface area contributed by atoms with Crippen molar-refractivity contribution in [1.29, 1.82) is 0 Å². The maximum absolute atomic E-state index is 13.1. The first-order valence-corrected chi connectivity index (χ1v) is 13.3. The highest BCUT2D eigenvalue weighted by atomic mass is 32.2. The van der Waals surface area contributed by atoms with E-state index >= 15 is 0 Å². The van der Waals surface area contributed by atoms with Gasteiger partial charge in [-0.25, -0.2) is 14.2 Å². The third kappa shape index (κ3) is 6.94. The number of carbonyl (C=O) groups excluding carboxylic acids is 1. The number of hydrogen-bond acceptors (Lipinski definition) is 9. The van der Waals surface area contributed by atoms with Crippen LogP contribution in [-0.4, -0.2) is 41.7 Å². The molecule has 3 N–H and O–H groups in total. The summed E-state index contributed by atoms with van der Waals surface area (Å²) >= 11 is 0. The minimum atomic E-state index is -1.55. The van der Waals surface area contributed by atoms with E-state index in [2.05, 4.69) is 20.3 Å². The summed E-state index contributed by atoms with van der Waals surface area (Å²) in [6.45, 7) is 1.83. The van der Waals surface area contributed by atoms with E-state index in [9.17, 15) is 9.00 Å². The first-order chi connectivity index (χ1) is 19.4. The summed E-state index contributed by atoms with van der Waals surface area (Å²) in [4.78, 5) is 20.0. The summed E-state index contributed by atoms with van der Waals surface area (Å²) in [5.41, 5.74) is 3.84. The number of nitrogens with zero attached hydrogens (tertiary/aromatic N) is 2. The molecule has 0 saturated heterocycles. The highest BCUT2D eigenvalue weighted by Gasteiger charge is 2.14. The Balaban J connectivity index is 0.000000398.